The first-order valence-corrected chi connectivity index (χ1v) is 15.7. The van der Waals surface area contributed by atoms with Gasteiger partial charge in [0.2, 0.25) is 21.8 Å². The Morgan fingerprint density at radius 2 is 1.63 bits per heavy atom. The summed E-state index contributed by atoms with van der Waals surface area (Å²) in [7, 11) is -3.69. The molecule has 208 valence electrons. The lowest BCUT2D eigenvalue weighted by molar-refractivity contribution is -0.141. The number of hydrogen-bond acceptors (Lipinski definition) is 4. The van der Waals surface area contributed by atoms with Gasteiger partial charge in [0, 0.05) is 35.6 Å². The first-order chi connectivity index (χ1) is 18.0. The second-order valence-corrected chi connectivity index (χ2v) is 12.9. The highest BCUT2D eigenvalue weighted by molar-refractivity contribution is 7.92. The minimum atomic E-state index is -3.69. The molecule has 0 unspecified atom stereocenters. The molecular formula is C27H34Cl3N3O4S. The van der Waals surface area contributed by atoms with E-state index in [4.69, 9.17) is 34.8 Å². The van der Waals surface area contributed by atoms with Crippen molar-refractivity contribution < 1.29 is 18.0 Å². The van der Waals surface area contributed by atoms with Gasteiger partial charge in [0.05, 0.1) is 17.0 Å². The zero-order valence-electron chi connectivity index (χ0n) is 21.6. The van der Waals surface area contributed by atoms with Crippen molar-refractivity contribution in [3.63, 3.8) is 0 Å². The number of halogens is 3. The molecule has 0 heterocycles. The van der Waals surface area contributed by atoms with Crippen LogP contribution < -0.4 is 9.62 Å². The molecule has 1 saturated carbocycles. The van der Waals surface area contributed by atoms with Gasteiger partial charge >= 0.3 is 0 Å². The van der Waals surface area contributed by atoms with Crippen LogP contribution in [0, 0.1) is 0 Å². The molecule has 0 radical (unpaired) electrons. The fraction of sp³-hybridized carbons (Fsp3) is 0.481. The molecule has 2 aromatic carbocycles. The lowest BCUT2D eigenvalue weighted by Gasteiger charge is -2.31. The molecule has 1 aliphatic carbocycles. The van der Waals surface area contributed by atoms with Crippen molar-refractivity contribution in [2.75, 3.05) is 17.1 Å². The highest BCUT2D eigenvalue weighted by Gasteiger charge is 2.28. The van der Waals surface area contributed by atoms with E-state index in [0.717, 1.165) is 41.8 Å². The smallest absolute Gasteiger partial charge is 0.242 e. The largest absolute Gasteiger partial charge is 0.352 e. The Kier molecular flexibility index (Phi) is 11.2. The quantitative estimate of drug-likeness (QED) is 0.339. The number of amides is 2. The van der Waals surface area contributed by atoms with Gasteiger partial charge < -0.3 is 10.2 Å². The third-order valence-corrected chi connectivity index (χ3v) is 8.70. The summed E-state index contributed by atoms with van der Waals surface area (Å²) in [5, 5.41) is 4.27. The Morgan fingerprint density at radius 1 is 1.00 bits per heavy atom. The molecular weight excluding hydrogens is 569 g/mol. The SMILES string of the molecule is C[C@@H](C(=O)NC1CCCCC1)N(Cc1ccc(Cl)cc1)C(=O)CCCN(c1cc(Cl)ccc1Cl)S(C)(=O)=O. The molecule has 0 aliphatic heterocycles. The van der Waals surface area contributed by atoms with Crippen LogP contribution in [0.15, 0.2) is 42.5 Å². The van der Waals surface area contributed by atoms with E-state index in [-0.39, 0.29) is 54.5 Å². The van der Waals surface area contributed by atoms with E-state index in [2.05, 4.69) is 5.32 Å². The van der Waals surface area contributed by atoms with E-state index in [9.17, 15) is 18.0 Å². The van der Waals surface area contributed by atoms with Crippen LogP contribution in [-0.4, -0.2) is 50.0 Å². The fourth-order valence-electron chi connectivity index (χ4n) is 4.60. The van der Waals surface area contributed by atoms with Crippen LogP contribution in [0.3, 0.4) is 0 Å². The molecule has 1 fully saturated rings. The maximum Gasteiger partial charge on any atom is 0.242 e. The lowest BCUT2D eigenvalue weighted by atomic mass is 9.95. The van der Waals surface area contributed by atoms with Crippen molar-refractivity contribution in [3.8, 4) is 0 Å². The van der Waals surface area contributed by atoms with Gasteiger partial charge in [-0.05, 0) is 62.1 Å². The Balaban J connectivity index is 1.73. The number of rotatable bonds is 11. The van der Waals surface area contributed by atoms with Crippen molar-refractivity contribution in [2.24, 2.45) is 0 Å². The zero-order valence-corrected chi connectivity index (χ0v) is 24.7. The second-order valence-electron chi connectivity index (χ2n) is 9.70. The van der Waals surface area contributed by atoms with Gasteiger partial charge in [-0.1, -0.05) is 66.2 Å². The van der Waals surface area contributed by atoms with Gasteiger partial charge in [-0.25, -0.2) is 8.42 Å². The summed E-state index contributed by atoms with van der Waals surface area (Å²) in [6.07, 6.45) is 6.57. The summed E-state index contributed by atoms with van der Waals surface area (Å²) >= 11 is 18.3. The van der Waals surface area contributed by atoms with E-state index in [1.54, 1.807) is 30.0 Å². The van der Waals surface area contributed by atoms with Crippen LogP contribution >= 0.6 is 34.8 Å². The highest BCUT2D eigenvalue weighted by Crippen LogP contribution is 2.31. The average Bonchev–Trinajstić information content (AvgIpc) is 2.87. The topological polar surface area (TPSA) is 86.8 Å². The minimum Gasteiger partial charge on any atom is -0.352 e. The number of nitrogens with zero attached hydrogens (tertiary/aromatic N) is 2. The number of anilines is 1. The maximum atomic E-state index is 13.4. The van der Waals surface area contributed by atoms with Crippen LogP contribution in [-0.2, 0) is 26.2 Å². The van der Waals surface area contributed by atoms with E-state index in [1.165, 1.54) is 18.6 Å². The molecule has 0 spiro atoms. The summed E-state index contributed by atoms with van der Waals surface area (Å²) in [5.41, 5.74) is 1.09. The van der Waals surface area contributed by atoms with Crippen LogP contribution in [0.1, 0.15) is 57.4 Å². The number of sulfonamides is 1. The predicted octanol–water partition coefficient (Wildman–Crippen LogP) is 6.06. The van der Waals surface area contributed by atoms with Crippen molar-refractivity contribution in [2.45, 2.75) is 70.5 Å². The van der Waals surface area contributed by atoms with Gasteiger partial charge in [0.1, 0.15) is 6.04 Å². The highest BCUT2D eigenvalue weighted by atomic mass is 35.5. The van der Waals surface area contributed by atoms with Crippen LogP contribution in [0.25, 0.3) is 0 Å². The van der Waals surface area contributed by atoms with E-state index < -0.39 is 16.1 Å². The van der Waals surface area contributed by atoms with Crippen molar-refractivity contribution in [1.29, 1.82) is 0 Å². The first-order valence-electron chi connectivity index (χ1n) is 12.7. The minimum absolute atomic E-state index is 0.0298. The molecule has 2 amide bonds. The fourth-order valence-corrected chi connectivity index (χ4v) is 6.13. The Bertz CT molecular complexity index is 1220. The summed E-state index contributed by atoms with van der Waals surface area (Å²) in [6, 6.07) is 11.1. The third kappa shape index (κ3) is 8.76. The maximum absolute atomic E-state index is 13.4. The normalized spacial score (nSPS) is 15.1. The van der Waals surface area contributed by atoms with Crippen molar-refractivity contribution >= 4 is 62.3 Å². The van der Waals surface area contributed by atoms with Gasteiger partial charge in [-0.2, -0.15) is 0 Å². The Morgan fingerprint density at radius 3 is 2.26 bits per heavy atom. The van der Waals surface area contributed by atoms with Gasteiger partial charge in [0.25, 0.3) is 0 Å². The van der Waals surface area contributed by atoms with E-state index >= 15 is 0 Å². The summed E-state index contributed by atoms with van der Waals surface area (Å²) in [5.74, 6) is -0.445. The Labute approximate surface area is 240 Å². The van der Waals surface area contributed by atoms with E-state index in [1.807, 2.05) is 12.1 Å². The van der Waals surface area contributed by atoms with Gasteiger partial charge in [0.15, 0.2) is 0 Å². The number of nitrogens with one attached hydrogen (secondary N) is 1. The number of benzene rings is 2. The monoisotopic (exact) mass is 601 g/mol. The number of carbonyl (C=O) groups excluding carboxylic acids is 2. The molecule has 1 aliphatic rings. The van der Waals surface area contributed by atoms with Crippen molar-refractivity contribution in [1.82, 2.24) is 10.2 Å². The van der Waals surface area contributed by atoms with Crippen LogP contribution in [0.4, 0.5) is 5.69 Å². The van der Waals surface area contributed by atoms with Crippen molar-refractivity contribution in [3.05, 3.63) is 63.1 Å². The zero-order chi connectivity index (χ0) is 27.9. The van der Waals surface area contributed by atoms with E-state index in [0.29, 0.717) is 10.0 Å². The van der Waals surface area contributed by atoms with Crippen LogP contribution in [0.5, 0.6) is 0 Å². The third-order valence-electron chi connectivity index (χ3n) is 6.71. The summed E-state index contributed by atoms with van der Waals surface area (Å²) in [6.45, 7) is 1.98. The van der Waals surface area contributed by atoms with Gasteiger partial charge in [-0.3, -0.25) is 13.9 Å². The van der Waals surface area contributed by atoms with Gasteiger partial charge in [-0.15, -0.1) is 0 Å². The first kappa shape index (κ1) is 30.5. The molecule has 3 rings (SSSR count). The van der Waals surface area contributed by atoms with Crippen LogP contribution in [0.2, 0.25) is 15.1 Å². The molecule has 11 heteroatoms. The molecule has 1 atom stereocenters. The molecule has 0 aromatic heterocycles. The molecule has 1 N–H and O–H groups in total. The predicted molar refractivity (Wildman–Crippen MR) is 154 cm³/mol. The Hall–Kier alpha value is -2.00. The number of hydrogen-bond donors (Lipinski definition) is 1. The summed E-state index contributed by atoms with van der Waals surface area (Å²) in [4.78, 5) is 28.1. The average molecular weight is 603 g/mol. The molecule has 2 aromatic rings. The number of carbonyl (C=O) groups is 2. The lowest BCUT2D eigenvalue weighted by Crippen LogP contribution is -2.50. The molecule has 7 nitrogen and oxygen atoms in total. The molecule has 0 saturated heterocycles. The molecule has 0 bridgehead atoms. The summed E-state index contributed by atoms with van der Waals surface area (Å²) < 4.78 is 26.2. The second kappa shape index (κ2) is 13.9. The standard InChI is InChI=1S/C27H34Cl3N3O4S/c1-19(27(35)31-23-7-4-3-5-8-23)32(18-20-10-12-21(28)13-11-20)26(34)9-6-16-33(38(2,36)37)25-17-22(29)14-15-24(25)30/h10-15,17,19,23H,3-9,16,18H2,1-2H3,(H,31,35)/t19-/m0/s1. The molecule has 38 heavy (non-hydrogen) atoms.